The number of benzene rings is 8. The molecule has 284 valence electrons. The third-order valence-electron chi connectivity index (χ3n) is 11.4. The maximum atomic E-state index is 5.43. The second kappa shape index (κ2) is 15.1. The first-order chi connectivity index (χ1) is 29.0. The molecule has 2 heterocycles. The van der Waals surface area contributed by atoms with Gasteiger partial charge in [0.1, 0.15) is 5.84 Å². The van der Waals surface area contributed by atoms with Gasteiger partial charge in [0.05, 0.1) is 33.4 Å². The van der Waals surface area contributed by atoms with Crippen molar-refractivity contribution in [3.63, 3.8) is 0 Å². The molecule has 0 aliphatic rings. The first-order valence-corrected chi connectivity index (χ1v) is 20.3. The summed E-state index contributed by atoms with van der Waals surface area (Å²) in [5.41, 5.74) is 17.9. The van der Waals surface area contributed by atoms with Gasteiger partial charge in [-0.3, -0.25) is 13.9 Å². The molecule has 0 spiro atoms. The quantitative estimate of drug-likeness (QED) is 0.114. The van der Waals surface area contributed by atoms with E-state index in [1.165, 1.54) is 22.3 Å². The van der Waals surface area contributed by atoms with Gasteiger partial charge in [0, 0.05) is 17.8 Å². The van der Waals surface area contributed by atoms with Crippen LogP contribution in [0.25, 0.3) is 66.9 Å². The number of para-hydroxylation sites is 4. The highest BCUT2D eigenvalue weighted by Crippen LogP contribution is 2.37. The number of aryl methyl sites for hydroxylation is 2. The summed E-state index contributed by atoms with van der Waals surface area (Å²) in [5.74, 6) is 1.88. The summed E-state index contributed by atoms with van der Waals surface area (Å²) in [4.78, 5) is 12.9. The molecule has 0 bridgehead atoms. The molecule has 0 aliphatic heterocycles. The fourth-order valence-corrected chi connectivity index (χ4v) is 8.35. The molecule has 8 aromatic carbocycles. The zero-order valence-electron chi connectivity index (χ0n) is 33.4. The summed E-state index contributed by atoms with van der Waals surface area (Å²) < 4.78 is 4.53. The number of aliphatic imine (C=N–C) groups is 1. The van der Waals surface area contributed by atoms with Crippen LogP contribution in [0.3, 0.4) is 0 Å². The van der Waals surface area contributed by atoms with Crippen molar-refractivity contribution in [2.75, 3.05) is 4.90 Å². The van der Waals surface area contributed by atoms with Crippen molar-refractivity contribution in [3.8, 4) is 39.1 Å². The van der Waals surface area contributed by atoms with Gasteiger partial charge in [0.25, 0.3) is 0 Å². The van der Waals surface area contributed by atoms with Crippen molar-refractivity contribution in [1.82, 2.24) is 14.0 Å². The topological polar surface area (TPSA) is 37.8 Å². The molecule has 0 saturated heterocycles. The standard InChI is InChI=1S/C54H43N5/c1-4-53(57(49-23-12-11-16-37(49)2)46-22-15-19-42(35-46)41-28-26-40(27-29-41)39-17-7-5-8-18-39)55-47-32-30-43(34-38(47)3)44-31-33-48-52(36-44)59-51-25-14-13-24-50(51)58(54(59)56-48)45-20-9-6-10-21-45/h5-36H,4H2,1-3H3. The number of nitrogens with zero attached hydrogens (tertiary/aromatic N) is 5. The van der Waals surface area contributed by atoms with E-state index in [1.54, 1.807) is 0 Å². The van der Waals surface area contributed by atoms with E-state index in [0.717, 1.165) is 85.1 Å². The normalized spacial score (nSPS) is 11.8. The molecule has 2 aromatic heterocycles. The van der Waals surface area contributed by atoms with Crippen LogP contribution in [-0.2, 0) is 0 Å². The Morgan fingerprint density at radius 2 is 1.10 bits per heavy atom. The lowest BCUT2D eigenvalue weighted by Crippen LogP contribution is -2.26. The van der Waals surface area contributed by atoms with Gasteiger partial charge in [-0.15, -0.1) is 0 Å². The van der Waals surface area contributed by atoms with E-state index < -0.39 is 0 Å². The molecule has 0 unspecified atom stereocenters. The van der Waals surface area contributed by atoms with Gasteiger partial charge >= 0.3 is 0 Å². The number of hydrogen-bond donors (Lipinski definition) is 0. The van der Waals surface area contributed by atoms with Gasteiger partial charge in [-0.1, -0.05) is 134 Å². The first-order valence-electron chi connectivity index (χ1n) is 20.3. The SMILES string of the molecule is CCC(=Nc1ccc(-c2ccc3nc4n(-c5ccccc5)c5ccccc5n4c3c2)cc1C)N(c1cccc(-c2ccc(-c3ccccc3)cc2)c1)c1ccccc1C. The molecule has 5 heteroatoms. The lowest BCUT2D eigenvalue weighted by molar-refractivity contribution is 1.11. The highest BCUT2D eigenvalue weighted by molar-refractivity contribution is 6.06. The van der Waals surface area contributed by atoms with Crippen molar-refractivity contribution in [1.29, 1.82) is 0 Å². The molecule has 0 fully saturated rings. The summed E-state index contributed by atoms with van der Waals surface area (Å²) in [6.45, 7) is 6.53. The molecule has 0 radical (unpaired) electrons. The van der Waals surface area contributed by atoms with Gasteiger partial charge in [0.15, 0.2) is 0 Å². The number of amidine groups is 1. The van der Waals surface area contributed by atoms with Crippen LogP contribution in [0.2, 0.25) is 0 Å². The fraction of sp³-hybridized carbons (Fsp3) is 0.0741. The summed E-state index contributed by atoms with van der Waals surface area (Å²) in [6, 6.07) is 69.0. The largest absolute Gasteiger partial charge is 0.298 e. The molecule has 0 aliphatic carbocycles. The minimum absolute atomic E-state index is 0.746. The molecule has 59 heavy (non-hydrogen) atoms. The van der Waals surface area contributed by atoms with E-state index in [-0.39, 0.29) is 0 Å². The summed E-state index contributed by atoms with van der Waals surface area (Å²) in [5, 5.41) is 0. The number of rotatable bonds is 8. The van der Waals surface area contributed by atoms with Crippen LogP contribution in [0.1, 0.15) is 24.5 Å². The van der Waals surface area contributed by atoms with Gasteiger partial charge < -0.3 is 0 Å². The smallest absolute Gasteiger partial charge is 0.220 e. The van der Waals surface area contributed by atoms with Crippen molar-refractivity contribution < 1.29 is 0 Å². The van der Waals surface area contributed by atoms with E-state index >= 15 is 0 Å². The molecule has 0 saturated carbocycles. The number of anilines is 2. The minimum atomic E-state index is 0.746. The molecule has 0 atom stereocenters. The number of imidazole rings is 2. The third-order valence-corrected chi connectivity index (χ3v) is 11.4. The van der Waals surface area contributed by atoms with Crippen molar-refractivity contribution in [2.45, 2.75) is 27.2 Å². The Bertz CT molecular complexity index is 3150. The second-order valence-corrected chi connectivity index (χ2v) is 15.1. The van der Waals surface area contributed by atoms with Crippen LogP contribution in [0, 0.1) is 13.8 Å². The van der Waals surface area contributed by atoms with Gasteiger partial charge in [-0.25, -0.2) is 9.98 Å². The zero-order valence-corrected chi connectivity index (χ0v) is 33.4. The van der Waals surface area contributed by atoms with Crippen LogP contribution >= 0.6 is 0 Å². The van der Waals surface area contributed by atoms with Crippen LogP contribution in [0.4, 0.5) is 17.1 Å². The Kier molecular flexibility index (Phi) is 9.19. The summed E-state index contributed by atoms with van der Waals surface area (Å²) >= 11 is 0. The predicted molar refractivity (Wildman–Crippen MR) is 248 cm³/mol. The Balaban J connectivity index is 1.02. The summed E-state index contributed by atoms with van der Waals surface area (Å²) in [7, 11) is 0. The van der Waals surface area contributed by atoms with Crippen molar-refractivity contribution in [3.05, 3.63) is 205 Å². The van der Waals surface area contributed by atoms with Crippen LogP contribution in [-0.4, -0.2) is 19.8 Å². The van der Waals surface area contributed by atoms with E-state index in [0.29, 0.717) is 0 Å². The zero-order chi connectivity index (χ0) is 39.9. The lowest BCUT2D eigenvalue weighted by atomic mass is 9.99. The van der Waals surface area contributed by atoms with Gasteiger partial charge in [0.2, 0.25) is 5.78 Å². The van der Waals surface area contributed by atoms with Crippen molar-refractivity contribution in [2.24, 2.45) is 4.99 Å². The van der Waals surface area contributed by atoms with E-state index in [4.69, 9.17) is 9.98 Å². The lowest BCUT2D eigenvalue weighted by Gasteiger charge is -2.28. The third kappa shape index (κ3) is 6.57. The van der Waals surface area contributed by atoms with Crippen LogP contribution in [0.5, 0.6) is 0 Å². The van der Waals surface area contributed by atoms with Gasteiger partial charge in [-0.2, -0.15) is 0 Å². The average Bonchev–Trinajstić information content (AvgIpc) is 3.82. The maximum Gasteiger partial charge on any atom is 0.220 e. The Hall–Kier alpha value is -7.50. The number of fused-ring (bicyclic) bond motifs is 5. The highest BCUT2D eigenvalue weighted by Gasteiger charge is 2.20. The second-order valence-electron chi connectivity index (χ2n) is 15.1. The molecular weight excluding hydrogens is 719 g/mol. The van der Waals surface area contributed by atoms with E-state index in [2.05, 4.69) is 229 Å². The van der Waals surface area contributed by atoms with Crippen LogP contribution in [0.15, 0.2) is 199 Å². The first kappa shape index (κ1) is 35.9. The number of aromatic nitrogens is 3. The Morgan fingerprint density at radius 3 is 1.85 bits per heavy atom. The number of hydrogen-bond acceptors (Lipinski definition) is 2. The molecule has 10 aromatic rings. The van der Waals surface area contributed by atoms with Gasteiger partial charge in [-0.05, 0) is 125 Å². The molecule has 0 amide bonds. The van der Waals surface area contributed by atoms with E-state index in [1.807, 2.05) is 0 Å². The van der Waals surface area contributed by atoms with Crippen molar-refractivity contribution >= 4 is 50.7 Å². The highest BCUT2D eigenvalue weighted by atomic mass is 15.2. The molecule has 5 nitrogen and oxygen atoms in total. The Labute approximate surface area is 344 Å². The van der Waals surface area contributed by atoms with Crippen LogP contribution < -0.4 is 4.90 Å². The van der Waals surface area contributed by atoms with E-state index in [9.17, 15) is 0 Å². The molecule has 10 rings (SSSR count). The summed E-state index contributed by atoms with van der Waals surface area (Å²) in [6.07, 6.45) is 0.746. The fourth-order valence-electron chi connectivity index (χ4n) is 8.35. The minimum Gasteiger partial charge on any atom is -0.298 e. The maximum absolute atomic E-state index is 5.43. The Morgan fingerprint density at radius 1 is 0.508 bits per heavy atom. The monoisotopic (exact) mass is 761 g/mol. The average molecular weight is 762 g/mol. The molecule has 0 N–H and O–H groups in total. The predicted octanol–water partition coefficient (Wildman–Crippen LogP) is 14.3. The molecular formula is C54H43N5.